The first-order valence-corrected chi connectivity index (χ1v) is 6.87. The van der Waals surface area contributed by atoms with E-state index in [2.05, 4.69) is 5.10 Å². The fourth-order valence-electron chi connectivity index (χ4n) is 1.76. The minimum Gasteiger partial charge on any atom is -0.383 e. The third-order valence-electron chi connectivity index (χ3n) is 2.64. The van der Waals surface area contributed by atoms with E-state index < -0.39 is 0 Å². The molecule has 0 unspecified atom stereocenters. The summed E-state index contributed by atoms with van der Waals surface area (Å²) in [6, 6.07) is 4.64. The first kappa shape index (κ1) is 15.3. The van der Waals surface area contributed by atoms with Crippen LogP contribution in [0.15, 0.2) is 24.4 Å². The molecule has 0 aliphatic carbocycles. The van der Waals surface area contributed by atoms with Crippen LogP contribution in [0.1, 0.15) is 16.1 Å². The third kappa shape index (κ3) is 3.33. The van der Waals surface area contributed by atoms with Gasteiger partial charge in [-0.1, -0.05) is 34.8 Å². The maximum atomic E-state index is 12.5. The molecule has 0 spiro atoms. The summed E-state index contributed by atoms with van der Waals surface area (Å²) in [4.78, 5) is 12.5. The lowest BCUT2D eigenvalue weighted by molar-refractivity contribution is 0.102. The molecule has 7 heteroatoms. The quantitative estimate of drug-likeness (QED) is 0.783. The number of rotatable bonds is 5. The molecule has 2 rings (SSSR count). The van der Waals surface area contributed by atoms with Crippen molar-refractivity contribution in [2.75, 3.05) is 13.7 Å². The predicted molar refractivity (Wildman–Crippen MR) is 79.0 cm³/mol. The molecule has 0 fully saturated rings. The van der Waals surface area contributed by atoms with Gasteiger partial charge in [-0.3, -0.25) is 9.48 Å². The van der Waals surface area contributed by atoms with Gasteiger partial charge < -0.3 is 4.74 Å². The number of carbonyl (C=O) groups is 1. The normalized spacial score (nSPS) is 10.8. The highest BCUT2D eigenvalue weighted by molar-refractivity contribution is 6.36. The standard InChI is InChI=1S/C13H11Cl3N2O2/c1-20-3-2-18-12(11(16)7-17-18)13(19)8-4-9(14)6-10(15)5-8/h4-7H,2-3H2,1H3. The van der Waals surface area contributed by atoms with Gasteiger partial charge in [0.25, 0.3) is 0 Å². The summed E-state index contributed by atoms with van der Waals surface area (Å²) in [5.74, 6) is -0.284. The van der Waals surface area contributed by atoms with E-state index in [-0.39, 0.29) is 10.8 Å². The highest BCUT2D eigenvalue weighted by Crippen LogP contribution is 2.24. The molecule has 0 amide bonds. The summed E-state index contributed by atoms with van der Waals surface area (Å²) in [5, 5.41) is 5.12. The molecule has 0 radical (unpaired) electrons. The monoisotopic (exact) mass is 332 g/mol. The Bertz CT molecular complexity index is 620. The number of hydrogen-bond acceptors (Lipinski definition) is 3. The van der Waals surface area contributed by atoms with E-state index in [9.17, 15) is 4.79 Å². The van der Waals surface area contributed by atoms with Gasteiger partial charge in [-0.25, -0.2) is 0 Å². The molecule has 0 saturated heterocycles. The van der Waals surface area contributed by atoms with Gasteiger partial charge in [-0.2, -0.15) is 5.10 Å². The van der Waals surface area contributed by atoms with Crippen LogP contribution in [0.25, 0.3) is 0 Å². The number of ketones is 1. The number of ether oxygens (including phenoxy) is 1. The van der Waals surface area contributed by atoms with Gasteiger partial charge in [0, 0.05) is 22.7 Å². The Kier molecular flexibility index (Phi) is 5.05. The molecule has 0 N–H and O–H groups in total. The number of carbonyl (C=O) groups excluding carboxylic acids is 1. The Morgan fingerprint density at radius 2 is 1.90 bits per heavy atom. The topological polar surface area (TPSA) is 44.1 Å². The number of nitrogens with zero attached hydrogens (tertiary/aromatic N) is 2. The average molecular weight is 334 g/mol. The molecule has 0 atom stereocenters. The summed E-state index contributed by atoms with van der Waals surface area (Å²) >= 11 is 17.9. The molecule has 2 aromatic rings. The van der Waals surface area contributed by atoms with Crippen molar-refractivity contribution in [1.82, 2.24) is 9.78 Å². The van der Waals surface area contributed by atoms with Crippen molar-refractivity contribution in [2.45, 2.75) is 6.54 Å². The van der Waals surface area contributed by atoms with Crippen LogP contribution in [0.5, 0.6) is 0 Å². The van der Waals surface area contributed by atoms with E-state index >= 15 is 0 Å². The van der Waals surface area contributed by atoms with Gasteiger partial charge in [0.15, 0.2) is 0 Å². The highest BCUT2D eigenvalue weighted by Gasteiger charge is 2.19. The zero-order valence-electron chi connectivity index (χ0n) is 10.6. The number of aromatic nitrogens is 2. The Morgan fingerprint density at radius 1 is 1.25 bits per heavy atom. The summed E-state index contributed by atoms with van der Waals surface area (Å²) in [6.07, 6.45) is 1.43. The van der Waals surface area contributed by atoms with Gasteiger partial charge >= 0.3 is 0 Å². The van der Waals surface area contributed by atoms with Crippen LogP contribution in [-0.4, -0.2) is 29.3 Å². The number of halogens is 3. The average Bonchev–Trinajstić information content (AvgIpc) is 2.75. The summed E-state index contributed by atoms with van der Waals surface area (Å²) in [5.41, 5.74) is 0.658. The van der Waals surface area contributed by atoms with Gasteiger partial charge in [-0.15, -0.1) is 0 Å². The van der Waals surface area contributed by atoms with Crippen molar-refractivity contribution in [1.29, 1.82) is 0 Å². The Balaban J connectivity index is 2.39. The Labute approximate surface area is 131 Å². The smallest absolute Gasteiger partial charge is 0.212 e. The molecular weight excluding hydrogens is 323 g/mol. The summed E-state index contributed by atoms with van der Waals surface area (Å²) < 4.78 is 6.48. The number of methoxy groups -OCH3 is 1. The van der Waals surface area contributed by atoms with Crippen LogP contribution in [0.2, 0.25) is 15.1 Å². The lowest BCUT2D eigenvalue weighted by Crippen LogP contribution is -2.14. The maximum Gasteiger partial charge on any atom is 0.212 e. The van der Waals surface area contributed by atoms with E-state index in [4.69, 9.17) is 39.5 Å². The van der Waals surface area contributed by atoms with E-state index in [0.717, 1.165) is 0 Å². The van der Waals surface area contributed by atoms with E-state index in [1.807, 2.05) is 0 Å². The fraction of sp³-hybridized carbons (Fsp3) is 0.231. The lowest BCUT2D eigenvalue weighted by Gasteiger charge is -2.07. The molecular formula is C13H11Cl3N2O2. The predicted octanol–water partition coefficient (Wildman–Crippen LogP) is 3.72. The second-order valence-electron chi connectivity index (χ2n) is 4.04. The van der Waals surface area contributed by atoms with Gasteiger partial charge in [0.2, 0.25) is 5.78 Å². The van der Waals surface area contributed by atoms with Crippen molar-refractivity contribution < 1.29 is 9.53 Å². The van der Waals surface area contributed by atoms with Crippen LogP contribution in [0.4, 0.5) is 0 Å². The molecule has 0 bridgehead atoms. The van der Waals surface area contributed by atoms with Crippen LogP contribution < -0.4 is 0 Å². The lowest BCUT2D eigenvalue weighted by atomic mass is 10.1. The molecule has 0 saturated carbocycles. The van der Waals surface area contributed by atoms with Gasteiger partial charge in [0.1, 0.15) is 5.69 Å². The first-order valence-electron chi connectivity index (χ1n) is 5.74. The second kappa shape index (κ2) is 6.59. The van der Waals surface area contributed by atoms with Crippen LogP contribution >= 0.6 is 34.8 Å². The van der Waals surface area contributed by atoms with Gasteiger partial charge in [-0.05, 0) is 18.2 Å². The van der Waals surface area contributed by atoms with Crippen LogP contribution in [-0.2, 0) is 11.3 Å². The minimum atomic E-state index is -0.284. The molecule has 1 heterocycles. The molecule has 106 valence electrons. The molecule has 0 aliphatic rings. The van der Waals surface area contributed by atoms with Crippen molar-refractivity contribution in [2.24, 2.45) is 0 Å². The molecule has 0 aliphatic heterocycles. The zero-order valence-corrected chi connectivity index (χ0v) is 12.8. The fourth-order valence-corrected chi connectivity index (χ4v) is 2.51. The third-order valence-corrected chi connectivity index (χ3v) is 3.35. The Morgan fingerprint density at radius 3 is 2.50 bits per heavy atom. The van der Waals surface area contributed by atoms with E-state index in [1.54, 1.807) is 25.3 Å². The van der Waals surface area contributed by atoms with Crippen molar-refractivity contribution in [3.05, 3.63) is 50.7 Å². The van der Waals surface area contributed by atoms with Crippen LogP contribution in [0, 0.1) is 0 Å². The highest BCUT2D eigenvalue weighted by atomic mass is 35.5. The van der Waals surface area contributed by atoms with Crippen LogP contribution in [0.3, 0.4) is 0 Å². The Hall–Kier alpha value is -1.07. The zero-order chi connectivity index (χ0) is 14.7. The molecule has 1 aromatic carbocycles. The first-order chi connectivity index (χ1) is 9.52. The van der Waals surface area contributed by atoms with E-state index in [0.29, 0.717) is 34.5 Å². The van der Waals surface area contributed by atoms with Crippen molar-refractivity contribution >= 4 is 40.6 Å². The number of hydrogen-bond donors (Lipinski definition) is 0. The molecule has 1 aromatic heterocycles. The maximum absolute atomic E-state index is 12.5. The largest absolute Gasteiger partial charge is 0.383 e. The van der Waals surface area contributed by atoms with E-state index in [1.165, 1.54) is 10.9 Å². The van der Waals surface area contributed by atoms with Gasteiger partial charge in [0.05, 0.1) is 24.4 Å². The molecule has 20 heavy (non-hydrogen) atoms. The van der Waals surface area contributed by atoms with Crippen molar-refractivity contribution in [3.8, 4) is 0 Å². The number of benzene rings is 1. The molecule has 4 nitrogen and oxygen atoms in total. The minimum absolute atomic E-state index is 0.280. The SMILES string of the molecule is COCCn1ncc(Cl)c1C(=O)c1cc(Cl)cc(Cl)c1. The van der Waals surface area contributed by atoms with Crippen molar-refractivity contribution in [3.63, 3.8) is 0 Å². The second-order valence-corrected chi connectivity index (χ2v) is 5.32. The summed E-state index contributed by atoms with van der Waals surface area (Å²) in [7, 11) is 1.57. The summed E-state index contributed by atoms with van der Waals surface area (Å²) in [6.45, 7) is 0.854.